The maximum absolute atomic E-state index is 9.99. The lowest BCUT2D eigenvalue weighted by molar-refractivity contribution is 0.246. The number of hydrogen-bond donors (Lipinski definition) is 1. The SMILES string of the molecule is N#CCCC(C#N)OS(=O)O. The van der Waals surface area contributed by atoms with Gasteiger partial charge in [-0.05, 0) is 0 Å². The molecule has 0 heterocycles. The zero-order valence-corrected chi connectivity index (χ0v) is 6.37. The van der Waals surface area contributed by atoms with Gasteiger partial charge in [-0.3, -0.25) is 4.55 Å². The lowest BCUT2D eigenvalue weighted by atomic mass is 10.2. The maximum Gasteiger partial charge on any atom is 0.303 e. The van der Waals surface area contributed by atoms with E-state index in [1.165, 1.54) is 0 Å². The zero-order valence-electron chi connectivity index (χ0n) is 5.56. The fourth-order valence-corrected chi connectivity index (χ4v) is 0.767. The first-order chi connectivity index (χ1) is 5.20. The Balaban J connectivity index is 3.71. The average molecular weight is 174 g/mol. The smallest absolute Gasteiger partial charge is 0.284 e. The standard InChI is InChI=1S/C5H6N2O3S/c6-3-1-2-5(4-7)10-11(8)9/h5H,1-2H2,(H,8,9). The minimum atomic E-state index is -2.43. The van der Waals surface area contributed by atoms with Crippen molar-refractivity contribution in [3.05, 3.63) is 0 Å². The van der Waals surface area contributed by atoms with Crippen molar-refractivity contribution in [1.29, 1.82) is 10.5 Å². The van der Waals surface area contributed by atoms with Crippen molar-refractivity contribution in [3.63, 3.8) is 0 Å². The summed E-state index contributed by atoms with van der Waals surface area (Å²) in [5, 5.41) is 16.4. The van der Waals surface area contributed by atoms with Gasteiger partial charge in [0.25, 0.3) is 0 Å². The van der Waals surface area contributed by atoms with E-state index in [9.17, 15) is 4.21 Å². The van der Waals surface area contributed by atoms with Crippen LogP contribution in [0.3, 0.4) is 0 Å². The molecule has 0 bridgehead atoms. The Morgan fingerprint density at radius 2 is 2.27 bits per heavy atom. The molecule has 2 atom stereocenters. The highest BCUT2D eigenvalue weighted by molar-refractivity contribution is 7.74. The van der Waals surface area contributed by atoms with Gasteiger partial charge in [0.1, 0.15) is 0 Å². The van der Waals surface area contributed by atoms with E-state index in [0.717, 1.165) is 0 Å². The lowest BCUT2D eigenvalue weighted by Crippen LogP contribution is -2.11. The van der Waals surface area contributed by atoms with Gasteiger partial charge < -0.3 is 0 Å². The number of nitrogens with zero attached hydrogens (tertiary/aromatic N) is 2. The Morgan fingerprint density at radius 3 is 2.64 bits per heavy atom. The number of hydrogen-bond acceptors (Lipinski definition) is 4. The molecule has 5 nitrogen and oxygen atoms in total. The van der Waals surface area contributed by atoms with Gasteiger partial charge in [-0.1, -0.05) is 0 Å². The third kappa shape index (κ3) is 5.49. The Hall–Kier alpha value is -0.950. The predicted octanol–water partition coefficient (Wildman–Crippen LogP) is 0.336. The van der Waals surface area contributed by atoms with Crippen LogP contribution in [0.15, 0.2) is 0 Å². The minimum absolute atomic E-state index is 0.134. The molecule has 0 saturated carbocycles. The van der Waals surface area contributed by atoms with Gasteiger partial charge >= 0.3 is 11.4 Å². The molecule has 2 unspecified atom stereocenters. The summed E-state index contributed by atoms with van der Waals surface area (Å²) >= 11 is -2.43. The molecule has 1 N–H and O–H groups in total. The van der Waals surface area contributed by atoms with Crippen LogP contribution >= 0.6 is 0 Å². The van der Waals surface area contributed by atoms with E-state index in [4.69, 9.17) is 15.1 Å². The highest BCUT2D eigenvalue weighted by atomic mass is 32.2. The second-order valence-electron chi connectivity index (χ2n) is 1.63. The molecule has 60 valence electrons. The summed E-state index contributed by atoms with van der Waals surface area (Å²) in [6.07, 6.45) is -0.685. The molecule has 0 radical (unpaired) electrons. The van der Waals surface area contributed by atoms with Crippen LogP contribution in [0.4, 0.5) is 0 Å². The van der Waals surface area contributed by atoms with E-state index in [0.29, 0.717) is 0 Å². The lowest BCUT2D eigenvalue weighted by Gasteiger charge is -2.01. The molecule has 0 aromatic heterocycles. The van der Waals surface area contributed by atoms with Crippen LogP contribution in [0.25, 0.3) is 0 Å². The van der Waals surface area contributed by atoms with E-state index in [1.54, 1.807) is 12.1 Å². The first-order valence-electron chi connectivity index (χ1n) is 2.75. The van der Waals surface area contributed by atoms with E-state index >= 15 is 0 Å². The van der Waals surface area contributed by atoms with E-state index in [2.05, 4.69) is 4.18 Å². The fraction of sp³-hybridized carbons (Fsp3) is 0.600. The summed E-state index contributed by atoms with van der Waals surface area (Å²) in [5.74, 6) is 0. The molecule has 0 rings (SSSR count). The van der Waals surface area contributed by atoms with Crippen LogP contribution in [-0.2, 0) is 15.5 Å². The molecule has 0 amide bonds. The van der Waals surface area contributed by atoms with Crippen molar-refractivity contribution in [1.82, 2.24) is 0 Å². The third-order valence-corrected chi connectivity index (χ3v) is 1.26. The largest absolute Gasteiger partial charge is 0.303 e. The van der Waals surface area contributed by atoms with Crippen molar-refractivity contribution >= 4 is 11.4 Å². The molecular formula is C5H6N2O3S. The minimum Gasteiger partial charge on any atom is -0.284 e. The topological polar surface area (TPSA) is 94.1 Å². The summed E-state index contributed by atoms with van der Waals surface area (Å²) in [7, 11) is 0. The van der Waals surface area contributed by atoms with Crippen LogP contribution < -0.4 is 0 Å². The van der Waals surface area contributed by atoms with Crippen LogP contribution in [-0.4, -0.2) is 14.9 Å². The van der Waals surface area contributed by atoms with Gasteiger partial charge in [0.15, 0.2) is 6.10 Å². The molecular weight excluding hydrogens is 168 g/mol. The summed E-state index contributed by atoms with van der Waals surface area (Å²) in [5.41, 5.74) is 0. The molecule has 0 fully saturated rings. The molecule has 11 heavy (non-hydrogen) atoms. The predicted molar refractivity (Wildman–Crippen MR) is 36.1 cm³/mol. The van der Waals surface area contributed by atoms with Crippen molar-refractivity contribution < 1.29 is 12.9 Å². The van der Waals surface area contributed by atoms with Crippen LogP contribution in [0.5, 0.6) is 0 Å². The summed E-state index contributed by atoms with van der Waals surface area (Å²) in [6, 6.07) is 3.44. The quantitative estimate of drug-likeness (QED) is 0.620. The molecule has 0 aliphatic carbocycles. The molecule has 0 aromatic carbocycles. The van der Waals surface area contributed by atoms with Crippen LogP contribution in [0.1, 0.15) is 12.8 Å². The van der Waals surface area contributed by atoms with Gasteiger partial charge in [0.05, 0.1) is 12.1 Å². The molecule has 0 aromatic rings. The van der Waals surface area contributed by atoms with Crippen molar-refractivity contribution in [2.45, 2.75) is 18.9 Å². The summed E-state index contributed by atoms with van der Waals surface area (Å²) < 4.78 is 22.4. The van der Waals surface area contributed by atoms with Crippen LogP contribution in [0, 0.1) is 22.7 Å². The maximum atomic E-state index is 9.99. The third-order valence-electron chi connectivity index (χ3n) is 0.861. The van der Waals surface area contributed by atoms with E-state index in [-0.39, 0.29) is 12.8 Å². The Labute approximate surface area is 66.7 Å². The zero-order chi connectivity index (χ0) is 8.69. The van der Waals surface area contributed by atoms with E-state index < -0.39 is 17.5 Å². The highest BCUT2D eigenvalue weighted by Gasteiger charge is 2.09. The Morgan fingerprint density at radius 1 is 1.64 bits per heavy atom. The molecule has 0 saturated heterocycles. The van der Waals surface area contributed by atoms with Gasteiger partial charge in [-0.15, -0.1) is 0 Å². The average Bonchev–Trinajstić information content (AvgIpc) is 1.97. The summed E-state index contributed by atoms with van der Waals surface area (Å²) in [6.45, 7) is 0. The first-order valence-corrected chi connectivity index (χ1v) is 3.78. The molecule has 0 aliphatic rings. The second-order valence-corrected chi connectivity index (χ2v) is 2.25. The summed E-state index contributed by atoms with van der Waals surface area (Å²) in [4.78, 5) is 0. The van der Waals surface area contributed by atoms with Gasteiger partial charge in [0, 0.05) is 12.8 Å². The number of nitriles is 2. The molecule has 0 spiro atoms. The Kier molecular flexibility index (Phi) is 5.30. The van der Waals surface area contributed by atoms with Crippen molar-refractivity contribution in [2.75, 3.05) is 0 Å². The van der Waals surface area contributed by atoms with Crippen molar-refractivity contribution in [3.8, 4) is 12.1 Å². The molecule has 0 aliphatic heterocycles. The highest BCUT2D eigenvalue weighted by Crippen LogP contribution is 2.01. The second kappa shape index (κ2) is 5.81. The molecule has 6 heteroatoms. The first kappa shape index (κ1) is 10.0. The number of rotatable bonds is 4. The van der Waals surface area contributed by atoms with Gasteiger partial charge in [0.2, 0.25) is 0 Å². The fourth-order valence-electron chi connectivity index (χ4n) is 0.429. The van der Waals surface area contributed by atoms with Crippen LogP contribution in [0.2, 0.25) is 0 Å². The van der Waals surface area contributed by atoms with Crippen molar-refractivity contribution in [2.24, 2.45) is 0 Å². The van der Waals surface area contributed by atoms with E-state index in [1.807, 2.05) is 0 Å². The van der Waals surface area contributed by atoms with Gasteiger partial charge in [-0.2, -0.15) is 14.7 Å². The normalized spacial score (nSPS) is 14.5. The monoisotopic (exact) mass is 174 g/mol. The van der Waals surface area contributed by atoms with Gasteiger partial charge in [-0.25, -0.2) is 4.18 Å². The Bertz CT molecular complexity index is 217.